The van der Waals surface area contributed by atoms with Gasteiger partial charge in [-0.15, -0.1) is 0 Å². The average Bonchev–Trinajstić information content (AvgIpc) is 3.17. The molecule has 2 atom stereocenters. The van der Waals surface area contributed by atoms with Crippen LogP contribution in [0.15, 0.2) is 95.0 Å². The van der Waals surface area contributed by atoms with E-state index in [1.54, 1.807) is 54.6 Å². The third-order valence-corrected chi connectivity index (χ3v) is 7.73. The molecule has 0 unspecified atom stereocenters. The Morgan fingerprint density at radius 1 is 1.03 bits per heavy atom. The molecule has 3 aromatic rings. The highest BCUT2D eigenvalue weighted by Crippen LogP contribution is 2.44. The molecule has 0 spiro atoms. The Balaban J connectivity index is 1.93. The van der Waals surface area contributed by atoms with Crippen molar-refractivity contribution in [2.75, 3.05) is 7.11 Å². The number of Topliss-reactive ketones (excluding diaryl/α,β-unsaturated/α-hetero) is 1. The molecule has 1 heterocycles. The number of methoxy groups -OCH3 is 1. The Morgan fingerprint density at radius 2 is 1.65 bits per heavy atom. The van der Waals surface area contributed by atoms with E-state index in [2.05, 4.69) is 0 Å². The molecule has 0 aliphatic carbocycles. The lowest BCUT2D eigenvalue weighted by atomic mass is 10.00. The van der Waals surface area contributed by atoms with Crippen molar-refractivity contribution in [3.63, 3.8) is 0 Å². The Morgan fingerprint density at radius 3 is 2.21 bits per heavy atom. The lowest BCUT2D eigenvalue weighted by Crippen LogP contribution is -2.45. The number of nitriles is 1. The van der Waals surface area contributed by atoms with E-state index in [-0.39, 0.29) is 21.7 Å². The number of rotatable bonds is 6. The van der Waals surface area contributed by atoms with E-state index in [4.69, 9.17) is 22.1 Å². The summed E-state index contributed by atoms with van der Waals surface area (Å²) in [6.45, 7) is 0. The Kier molecular flexibility index (Phi) is 6.44. The Hall–Kier alpha value is -3.64. The summed E-state index contributed by atoms with van der Waals surface area (Å²) in [6, 6.07) is 20.0. The van der Waals surface area contributed by atoms with Gasteiger partial charge in [-0.1, -0.05) is 54.1 Å². The zero-order chi connectivity index (χ0) is 24.5. The molecule has 3 aromatic carbocycles. The van der Waals surface area contributed by atoms with Crippen LogP contribution in [0.5, 0.6) is 5.75 Å². The van der Waals surface area contributed by atoms with Crippen LogP contribution in [-0.2, 0) is 10.0 Å². The molecule has 7 nitrogen and oxygen atoms in total. The minimum Gasteiger partial charge on any atom is -0.497 e. The molecule has 34 heavy (non-hydrogen) atoms. The average molecular weight is 494 g/mol. The fraction of sp³-hybridized carbons (Fsp3) is 0.120. The number of sulfonamides is 1. The Labute approximate surface area is 202 Å². The SMILES string of the molecule is COc1ccc([C@H]2C(C#N)=C(N)[C@@H](C(=O)c3ccccc3)N2S(=O)(=O)c2ccc(Cl)cc2)cc1. The van der Waals surface area contributed by atoms with Gasteiger partial charge in [0.2, 0.25) is 10.0 Å². The number of ether oxygens (including phenoxy) is 1. The molecule has 0 bridgehead atoms. The molecular formula is C25H20ClN3O4S. The summed E-state index contributed by atoms with van der Waals surface area (Å²) < 4.78 is 34.1. The van der Waals surface area contributed by atoms with Gasteiger partial charge in [-0.05, 0) is 42.0 Å². The van der Waals surface area contributed by atoms with Gasteiger partial charge in [0.05, 0.1) is 35.4 Å². The number of benzene rings is 3. The van der Waals surface area contributed by atoms with Crippen molar-refractivity contribution in [1.29, 1.82) is 5.26 Å². The second-order valence-electron chi connectivity index (χ2n) is 7.58. The molecule has 0 saturated carbocycles. The quantitative estimate of drug-likeness (QED) is 0.517. The minimum absolute atomic E-state index is 0.00279. The summed E-state index contributed by atoms with van der Waals surface area (Å²) in [6.07, 6.45) is 0. The number of ketones is 1. The number of nitrogens with two attached hydrogens (primary N) is 1. The van der Waals surface area contributed by atoms with Gasteiger partial charge >= 0.3 is 0 Å². The van der Waals surface area contributed by atoms with Crippen molar-refractivity contribution in [3.8, 4) is 11.8 Å². The predicted octanol–water partition coefficient (Wildman–Crippen LogP) is 4.08. The molecule has 0 aromatic heterocycles. The maximum absolute atomic E-state index is 13.9. The van der Waals surface area contributed by atoms with E-state index in [1.165, 1.54) is 31.4 Å². The standard InChI is InChI=1S/C25H20ClN3O4S/c1-33-19-11-7-16(8-12-19)23-21(15-27)22(28)24(25(30)17-5-3-2-4-6-17)29(23)34(31,32)20-13-9-18(26)10-14-20/h2-14,23-24H,28H2,1H3/t23-,24-/m0/s1. The minimum atomic E-state index is -4.30. The normalized spacial score (nSPS) is 18.5. The van der Waals surface area contributed by atoms with Crippen molar-refractivity contribution >= 4 is 27.4 Å². The van der Waals surface area contributed by atoms with Gasteiger partial charge in [-0.3, -0.25) is 4.79 Å². The summed E-state index contributed by atoms with van der Waals surface area (Å²) >= 11 is 5.96. The van der Waals surface area contributed by atoms with E-state index in [0.717, 1.165) is 4.31 Å². The van der Waals surface area contributed by atoms with Crippen molar-refractivity contribution in [2.24, 2.45) is 5.73 Å². The monoisotopic (exact) mass is 493 g/mol. The zero-order valence-corrected chi connectivity index (χ0v) is 19.6. The van der Waals surface area contributed by atoms with Crippen LogP contribution in [0, 0.1) is 11.3 Å². The third-order valence-electron chi connectivity index (χ3n) is 5.64. The highest BCUT2D eigenvalue weighted by Gasteiger charge is 2.50. The molecule has 0 amide bonds. The Bertz CT molecular complexity index is 1400. The van der Waals surface area contributed by atoms with Gasteiger partial charge in [0.15, 0.2) is 5.78 Å². The first-order chi connectivity index (χ1) is 16.3. The van der Waals surface area contributed by atoms with Crippen LogP contribution in [0.3, 0.4) is 0 Å². The van der Waals surface area contributed by atoms with Crippen molar-refractivity contribution < 1.29 is 17.9 Å². The predicted molar refractivity (Wildman–Crippen MR) is 128 cm³/mol. The first-order valence-corrected chi connectivity index (χ1v) is 12.0. The smallest absolute Gasteiger partial charge is 0.245 e. The lowest BCUT2D eigenvalue weighted by molar-refractivity contribution is 0.0918. The topological polar surface area (TPSA) is 113 Å². The van der Waals surface area contributed by atoms with E-state index >= 15 is 0 Å². The van der Waals surface area contributed by atoms with E-state index in [1.807, 2.05) is 6.07 Å². The molecular weight excluding hydrogens is 474 g/mol. The van der Waals surface area contributed by atoms with Crippen LogP contribution in [0.2, 0.25) is 5.02 Å². The number of carbonyl (C=O) groups is 1. The largest absolute Gasteiger partial charge is 0.497 e. The first kappa shape index (κ1) is 23.5. The molecule has 0 radical (unpaired) electrons. The second kappa shape index (κ2) is 9.31. The zero-order valence-electron chi connectivity index (χ0n) is 18.1. The fourth-order valence-electron chi connectivity index (χ4n) is 3.97. The number of nitrogens with zero attached hydrogens (tertiary/aromatic N) is 2. The van der Waals surface area contributed by atoms with Crippen molar-refractivity contribution in [3.05, 3.63) is 106 Å². The van der Waals surface area contributed by atoms with Gasteiger partial charge in [-0.25, -0.2) is 8.42 Å². The summed E-state index contributed by atoms with van der Waals surface area (Å²) in [5, 5.41) is 10.3. The molecule has 1 aliphatic rings. The molecule has 9 heteroatoms. The van der Waals surface area contributed by atoms with Crippen LogP contribution in [0.25, 0.3) is 0 Å². The first-order valence-electron chi connectivity index (χ1n) is 10.2. The summed E-state index contributed by atoms with van der Waals surface area (Å²) in [7, 11) is -2.79. The summed E-state index contributed by atoms with van der Waals surface area (Å²) in [4.78, 5) is 13.5. The third kappa shape index (κ3) is 4.05. The molecule has 0 fully saturated rings. The number of halogens is 1. The molecule has 2 N–H and O–H groups in total. The lowest BCUT2D eigenvalue weighted by Gasteiger charge is -2.30. The van der Waals surface area contributed by atoms with E-state index < -0.39 is 27.9 Å². The van der Waals surface area contributed by atoms with Gasteiger partial charge in [0, 0.05) is 10.6 Å². The van der Waals surface area contributed by atoms with Crippen molar-refractivity contribution in [2.45, 2.75) is 17.0 Å². The van der Waals surface area contributed by atoms with Gasteiger partial charge in [-0.2, -0.15) is 9.57 Å². The van der Waals surface area contributed by atoms with Crippen LogP contribution in [0.4, 0.5) is 0 Å². The maximum Gasteiger partial charge on any atom is 0.245 e. The molecule has 172 valence electrons. The summed E-state index contributed by atoms with van der Waals surface area (Å²) in [5.41, 5.74) is 6.98. The van der Waals surface area contributed by atoms with Crippen LogP contribution in [-0.4, -0.2) is 31.7 Å². The molecule has 1 aliphatic heterocycles. The number of carbonyl (C=O) groups excluding carboxylic acids is 1. The highest BCUT2D eigenvalue weighted by molar-refractivity contribution is 7.89. The van der Waals surface area contributed by atoms with Crippen LogP contribution in [0.1, 0.15) is 22.0 Å². The number of hydrogen-bond acceptors (Lipinski definition) is 6. The number of hydrogen-bond donors (Lipinski definition) is 1. The molecule has 4 rings (SSSR count). The second-order valence-corrected chi connectivity index (χ2v) is 9.86. The van der Waals surface area contributed by atoms with Crippen LogP contribution >= 0.6 is 11.6 Å². The fourth-order valence-corrected chi connectivity index (χ4v) is 5.81. The van der Waals surface area contributed by atoms with Crippen molar-refractivity contribution in [1.82, 2.24) is 4.31 Å². The van der Waals surface area contributed by atoms with E-state index in [9.17, 15) is 18.5 Å². The van der Waals surface area contributed by atoms with Gasteiger partial charge in [0.25, 0.3) is 0 Å². The highest BCUT2D eigenvalue weighted by atomic mass is 35.5. The van der Waals surface area contributed by atoms with E-state index in [0.29, 0.717) is 16.3 Å². The maximum atomic E-state index is 13.9. The van der Waals surface area contributed by atoms with Gasteiger partial charge < -0.3 is 10.5 Å². The summed E-state index contributed by atoms with van der Waals surface area (Å²) in [5.74, 6) is 0.0284. The molecule has 0 saturated heterocycles. The van der Waals surface area contributed by atoms with Gasteiger partial charge in [0.1, 0.15) is 11.8 Å². The van der Waals surface area contributed by atoms with Crippen LogP contribution < -0.4 is 10.5 Å².